The molecule has 138 valence electrons. The molecule has 1 aromatic carbocycles. The highest BCUT2D eigenvalue weighted by atomic mass is 32.1. The Labute approximate surface area is 157 Å². The molecule has 6 heteroatoms. The van der Waals surface area contributed by atoms with E-state index >= 15 is 0 Å². The zero-order valence-corrected chi connectivity index (χ0v) is 16.0. The average Bonchev–Trinajstić information content (AvgIpc) is 2.91. The first-order valence-corrected chi connectivity index (χ1v) is 9.79. The molecule has 2 unspecified atom stereocenters. The monoisotopic (exact) mass is 372 g/mol. The van der Waals surface area contributed by atoms with E-state index in [0.29, 0.717) is 11.5 Å². The molecule has 0 saturated heterocycles. The number of fused-ring (bicyclic) bond motifs is 3. The van der Waals surface area contributed by atoms with Crippen LogP contribution < -0.4 is 10.6 Å². The fourth-order valence-corrected chi connectivity index (χ4v) is 5.32. The Balaban J connectivity index is 1.66. The molecule has 2 heterocycles. The number of nitrogens with one attached hydrogen (secondary N) is 2. The molecule has 2 atom stereocenters. The fraction of sp³-hybridized carbons (Fsp3) is 0.450. The van der Waals surface area contributed by atoms with E-state index in [1.165, 1.54) is 22.6 Å². The molecule has 1 aromatic heterocycles. The molecular formula is C20H24N2O3S. The molecule has 0 bridgehead atoms. The number of carbonyl (C=O) groups excluding carboxylic acids is 1. The lowest BCUT2D eigenvalue weighted by Gasteiger charge is -2.34. The van der Waals surface area contributed by atoms with Crippen molar-refractivity contribution in [3.05, 3.63) is 39.8 Å². The van der Waals surface area contributed by atoms with Crippen LogP contribution in [0.3, 0.4) is 0 Å². The van der Waals surface area contributed by atoms with Gasteiger partial charge in [0.1, 0.15) is 22.7 Å². The van der Waals surface area contributed by atoms with E-state index in [1.807, 2.05) is 0 Å². The third-order valence-electron chi connectivity index (χ3n) is 5.59. The topological polar surface area (TPSA) is 81.6 Å². The van der Waals surface area contributed by atoms with Gasteiger partial charge in [0.05, 0.1) is 5.56 Å². The predicted octanol–water partition coefficient (Wildman–Crippen LogP) is 4.16. The van der Waals surface area contributed by atoms with Crippen LogP contribution in [0.15, 0.2) is 18.2 Å². The van der Waals surface area contributed by atoms with Crippen molar-refractivity contribution in [3.63, 3.8) is 0 Å². The molecule has 1 aliphatic heterocycles. The van der Waals surface area contributed by atoms with Gasteiger partial charge in [0.15, 0.2) is 0 Å². The summed E-state index contributed by atoms with van der Waals surface area (Å²) in [5.41, 5.74) is 2.76. The molecule has 26 heavy (non-hydrogen) atoms. The zero-order valence-electron chi connectivity index (χ0n) is 15.2. The van der Waals surface area contributed by atoms with Gasteiger partial charge in [-0.1, -0.05) is 20.8 Å². The quantitative estimate of drug-likeness (QED) is 0.606. The Hall–Kier alpha value is -2.21. The highest BCUT2D eigenvalue weighted by Crippen LogP contribution is 2.46. The number of anilines is 1. The van der Waals surface area contributed by atoms with Crippen LogP contribution in [0.1, 0.15) is 59.7 Å². The van der Waals surface area contributed by atoms with E-state index in [9.17, 15) is 15.0 Å². The number of phenolic OH excluding ortho intramolecular Hbond substituents is 2. The number of thiophene rings is 1. The number of hydrogen-bond acceptors (Lipinski definition) is 5. The molecule has 0 fully saturated rings. The molecule has 0 saturated carbocycles. The molecule has 2 aliphatic rings. The van der Waals surface area contributed by atoms with Gasteiger partial charge in [-0.15, -0.1) is 11.3 Å². The van der Waals surface area contributed by atoms with Crippen LogP contribution in [-0.2, 0) is 12.8 Å². The summed E-state index contributed by atoms with van der Waals surface area (Å²) >= 11 is 1.67. The fourth-order valence-electron chi connectivity index (χ4n) is 3.97. The summed E-state index contributed by atoms with van der Waals surface area (Å²) in [6.07, 6.45) is 2.55. The van der Waals surface area contributed by atoms with E-state index in [4.69, 9.17) is 0 Å². The van der Waals surface area contributed by atoms with Gasteiger partial charge < -0.3 is 20.8 Å². The smallest absolute Gasteiger partial charge is 0.256 e. The number of rotatable bonds is 1. The summed E-state index contributed by atoms with van der Waals surface area (Å²) in [5, 5.41) is 26.8. The maximum Gasteiger partial charge on any atom is 0.256 e. The summed E-state index contributed by atoms with van der Waals surface area (Å²) in [6, 6.07) is 4.41. The second-order valence-corrected chi connectivity index (χ2v) is 9.41. The second-order valence-electron chi connectivity index (χ2n) is 8.31. The summed E-state index contributed by atoms with van der Waals surface area (Å²) in [4.78, 5) is 14.1. The summed E-state index contributed by atoms with van der Waals surface area (Å²) in [7, 11) is 0. The number of hydrogen-bond donors (Lipinski definition) is 4. The van der Waals surface area contributed by atoms with Crippen molar-refractivity contribution < 1.29 is 15.0 Å². The first-order valence-electron chi connectivity index (χ1n) is 8.98. The van der Waals surface area contributed by atoms with Crippen molar-refractivity contribution >= 4 is 22.2 Å². The van der Waals surface area contributed by atoms with E-state index in [0.717, 1.165) is 29.8 Å². The first-order chi connectivity index (χ1) is 12.2. The van der Waals surface area contributed by atoms with Gasteiger partial charge in [-0.2, -0.15) is 0 Å². The maximum atomic E-state index is 12.8. The minimum atomic E-state index is -0.505. The molecule has 4 rings (SSSR count). The summed E-state index contributed by atoms with van der Waals surface area (Å²) in [5.74, 6) is 0.479. The largest absolute Gasteiger partial charge is 0.508 e. The average molecular weight is 372 g/mol. The SMILES string of the molecule is CC(C)(C)C1CCc2c(sc3c2C(=O)NC(c2ccc(O)cc2O)N3)C1. The van der Waals surface area contributed by atoms with Gasteiger partial charge in [-0.05, 0) is 48.3 Å². The lowest BCUT2D eigenvalue weighted by atomic mass is 9.72. The van der Waals surface area contributed by atoms with Crippen LogP contribution in [0.25, 0.3) is 0 Å². The lowest BCUT2D eigenvalue weighted by molar-refractivity contribution is 0.0934. The molecule has 1 amide bonds. The van der Waals surface area contributed by atoms with Gasteiger partial charge >= 0.3 is 0 Å². The molecular weight excluding hydrogens is 348 g/mol. The van der Waals surface area contributed by atoms with Crippen molar-refractivity contribution in [1.29, 1.82) is 0 Å². The highest BCUT2D eigenvalue weighted by molar-refractivity contribution is 7.16. The van der Waals surface area contributed by atoms with Gasteiger partial charge in [0.25, 0.3) is 5.91 Å². The van der Waals surface area contributed by atoms with Crippen LogP contribution in [0.4, 0.5) is 5.00 Å². The molecule has 1 aliphatic carbocycles. The van der Waals surface area contributed by atoms with Crippen LogP contribution in [0.5, 0.6) is 11.5 Å². The lowest BCUT2D eigenvalue weighted by Crippen LogP contribution is -2.38. The van der Waals surface area contributed by atoms with Crippen LogP contribution >= 0.6 is 11.3 Å². The van der Waals surface area contributed by atoms with Crippen molar-refractivity contribution in [2.24, 2.45) is 11.3 Å². The number of phenols is 2. The molecule has 0 radical (unpaired) electrons. The Morgan fingerprint density at radius 2 is 1.96 bits per heavy atom. The van der Waals surface area contributed by atoms with Crippen LogP contribution in [0.2, 0.25) is 0 Å². The Bertz CT molecular complexity index is 882. The van der Waals surface area contributed by atoms with Crippen LogP contribution in [-0.4, -0.2) is 16.1 Å². The van der Waals surface area contributed by atoms with E-state index in [2.05, 4.69) is 31.4 Å². The normalized spacial score (nSPS) is 22.2. The standard InChI is InChI=1S/C20H24N2O3S/c1-20(2,3)10-4-6-13-15(8-10)26-19-16(13)18(25)21-17(22-19)12-7-5-11(23)9-14(12)24/h5,7,9-10,17,22-24H,4,6,8H2,1-3H3,(H,21,25). The summed E-state index contributed by atoms with van der Waals surface area (Å²) in [6.45, 7) is 6.85. The second kappa shape index (κ2) is 5.91. The van der Waals surface area contributed by atoms with Crippen molar-refractivity contribution in [1.82, 2.24) is 5.32 Å². The third-order valence-corrected chi connectivity index (χ3v) is 6.78. The minimum Gasteiger partial charge on any atom is -0.508 e. The molecule has 5 nitrogen and oxygen atoms in total. The van der Waals surface area contributed by atoms with Crippen molar-refractivity contribution in [3.8, 4) is 11.5 Å². The van der Waals surface area contributed by atoms with Gasteiger partial charge in [-0.3, -0.25) is 4.79 Å². The van der Waals surface area contributed by atoms with E-state index in [1.54, 1.807) is 17.4 Å². The van der Waals surface area contributed by atoms with Crippen molar-refractivity contribution in [2.45, 2.75) is 46.2 Å². The zero-order chi connectivity index (χ0) is 18.6. The first kappa shape index (κ1) is 17.2. The number of amides is 1. The number of benzene rings is 1. The maximum absolute atomic E-state index is 12.8. The van der Waals surface area contributed by atoms with E-state index in [-0.39, 0.29) is 22.8 Å². The van der Waals surface area contributed by atoms with E-state index < -0.39 is 6.17 Å². The third kappa shape index (κ3) is 2.82. The highest BCUT2D eigenvalue weighted by Gasteiger charge is 2.36. The Morgan fingerprint density at radius 3 is 2.65 bits per heavy atom. The summed E-state index contributed by atoms with van der Waals surface area (Å²) < 4.78 is 0. The van der Waals surface area contributed by atoms with Gasteiger partial charge in [0, 0.05) is 16.5 Å². The number of aromatic hydroxyl groups is 2. The van der Waals surface area contributed by atoms with Crippen LogP contribution in [0, 0.1) is 11.3 Å². The van der Waals surface area contributed by atoms with Crippen molar-refractivity contribution in [2.75, 3.05) is 5.32 Å². The Kier molecular flexibility index (Phi) is 3.91. The molecule has 2 aromatic rings. The van der Waals surface area contributed by atoms with Gasteiger partial charge in [-0.25, -0.2) is 0 Å². The molecule has 0 spiro atoms. The van der Waals surface area contributed by atoms with Gasteiger partial charge in [0.2, 0.25) is 0 Å². The predicted molar refractivity (Wildman–Crippen MR) is 103 cm³/mol. The number of carbonyl (C=O) groups is 1. The molecule has 4 N–H and O–H groups in total. The minimum absolute atomic E-state index is 0.00566. The Morgan fingerprint density at radius 1 is 1.19 bits per heavy atom.